The number of imide groups is 2. The highest BCUT2D eigenvalue weighted by Crippen LogP contribution is 2.26. The van der Waals surface area contributed by atoms with Crippen molar-refractivity contribution in [2.45, 2.75) is 39.0 Å². The van der Waals surface area contributed by atoms with E-state index in [1.807, 2.05) is 0 Å². The van der Waals surface area contributed by atoms with Gasteiger partial charge < -0.3 is 9.47 Å². The number of rotatable bonds is 11. The molecule has 188 valence electrons. The van der Waals surface area contributed by atoms with Gasteiger partial charge >= 0.3 is 18.0 Å². The van der Waals surface area contributed by atoms with E-state index in [2.05, 4.69) is 6.58 Å². The number of hydrogen-bond donors (Lipinski definition) is 0. The standard InChI is InChI=1S/C27H28N2O7/c1-19(2)25(32)35-16-8-3-4-9-17-36-26(33)20-12-14-22(15-13-20)29-24(31)18-23(30)28(27(29)34)21-10-6-5-7-11-21/h5-7,10-15H,1,3-4,8-9,16-18H2,2H3. The number of para-hydroxylation sites is 1. The first-order chi connectivity index (χ1) is 17.3. The molecule has 0 aliphatic carbocycles. The Morgan fingerprint density at radius 3 is 1.86 bits per heavy atom. The number of carbonyl (C=O) groups excluding carboxylic acids is 5. The van der Waals surface area contributed by atoms with Crippen LogP contribution in [0, 0.1) is 0 Å². The molecule has 0 atom stereocenters. The Morgan fingerprint density at radius 2 is 1.31 bits per heavy atom. The molecule has 36 heavy (non-hydrogen) atoms. The summed E-state index contributed by atoms with van der Waals surface area (Å²) in [5.41, 5.74) is 1.27. The zero-order valence-electron chi connectivity index (χ0n) is 20.1. The molecule has 0 N–H and O–H groups in total. The number of unbranched alkanes of at least 4 members (excludes halogenated alkanes) is 3. The summed E-state index contributed by atoms with van der Waals surface area (Å²) in [6.07, 6.45) is 2.58. The lowest BCUT2D eigenvalue weighted by Crippen LogP contribution is -2.55. The highest BCUT2D eigenvalue weighted by atomic mass is 16.5. The van der Waals surface area contributed by atoms with E-state index in [9.17, 15) is 24.0 Å². The van der Waals surface area contributed by atoms with Gasteiger partial charge in [-0.2, -0.15) is 0 Å². The predicted octanol–water partition coefficient (Wildman–Crippen LogP) is 4.41. The third-order valence-electron chi connectivity index (χ3n) is 5.41. The van der Waals surface area contributed by atoms with Gasteiger partial charge in [0.2, 0.25) is 11.8 Å². The molecule has 4 amide bonds. The van der Waals surface area contributed by atoms with Crippen LogP contribution in [0.3, 0.4) is 0 Å². The Bertz CT molecular complexity index is 1140. The number of barbiturate groups is 1. The minimum absolute atomic E-state index is 0.239. The fourth-order valence-electron chi connectivity index (χ4n) is 3.53. The van der Waals surface area contributed by atoms with Gasteiger partial charge in [-0.25, -0.2) is 24.2 Å². The SMILES string of the molecule is C=C(C)C(=O)OCCCCCCOC(=O)c1ccc(N2C(=O)CC(=O)N(c3ccccc3)C2=O)cc1. The lowest BCUT2D eigenvalue weighted by molar-refractivity contribution is -0.139. The smallest absolute Gasteiger partial charge is 0.342 e. The molecule has 0 unspecified atom stereocenters. The van der Waals surface area contributed by atoms with E-state index >= 15 is 0 Å². The van der Waals surface area contributed by atoms with Gasteiger partial charge in [-0.1, -0.05) is 24.8 Å². The van der Waals surface area contributed by atoms with Crippen LogP contribution < -0.4 is 9.80 Å². The minimum Gasteiger partial charge on any atom is -0.462 e. The van der Waals surface area contributed by atoms with Gasteiger partial charge in [0.1, 0.15) is 6.42 Å². The lowest BCUT2D eigenvalue weighted by atomic mass is 10.1. The Kier molecular flexibility index (Phi) is 9.10. The molecule has 9 heteroatoms. The minimum atomic E-state index is -0.771. The molecular weight excluding hydrogens is 464 g/mol. The summed E-state index contributed by atoms with van der Waals surface area (Å²) in [5.74, 6) is -2.15. The zero-order chi connectivity index (χ0) is 26.1. The number of nitrogens with zero attached hydrogens (tertiary/aromatic N) is 2. The molecule has 2 aromatic rings. The van der Waals surface area contributed by atoms with E-state index in [-0.39, 0.29) is 17.9 Å². The summed E-state index contributed by atoms with van der Waals surface area (Å²) in [4.78, 5) is 63.3. The fraction of sp³-hybridized carbons (Fsp3) is 0.296. The van der Waals surface area contributed by atoms with Gasteiger partial charge in [0.25, 0.3) is 0 Å². The van der Waals surface area contributed by atoms with E-state index in [0.717, 1.165) is 29.1 Å². The van der Waals surface area contributed by atoms with Crippen molar-refractivity contribution in [3.63, 3.8) is 0 Å². The summed E-state index contributed by atoms with van der Waals surface area (Å²) >= 11 is 0. The third-order valence-corrected chi connectivity index (χ3v) is 5.41. The molecule has 1 aliphatic heterocycles. The van der Waals surface area contributed by atoms with Crippen LogP contribution in [0.15, 0.2) is 66.7 Å². The number of benzene rings is 2. The second kappa shape index (κ2) is 12.4. The van der Waals surface area contributed by atoms with Crippen LogP contribution in [0.25, 0.3) is 0 Å². The number of hydrogen-bond acceptors (Lipinski definition) is 7. The number of ether oxygens (including phenoxy) is 2. The normalized spacial score (nSPS) is 13.5. The first-order valence-electron chi connectivity index (χ1n) is 11.6. The summed E-state index contributed by atoms with van der Waals surface area (Å²) < 4.78 is 10.3. The molecule has 0 spiro atoms. The van der Waals surface area contributed by atoms with Crippen LogP contribution in [0.5, 0.6) is 0 Å². The van der Waals surface area contributed by atoms with Crippen LogP contribution in [0.2, 0.25) is 0 Å². The van der Waals surface area contributed by atoms with Crippen LogP contribution in [0.1, 0.15) is 49.4 Å². The number of amides is 4. The summed E-state index contributed by atoms with van der Waals surface area (Å²) in [5, 5.41) is 0. The average Bonchev–Trinajstić information content (AvgIpc) is 2.86. The summed E-state index contributed by atoms with van der Waals surface area (Å²) in [7, 11) is 0. The van der Waals surface area contributed by atoms with E-state index in [0.29, 0.717) is 24.3 Å². The number of carbonyl (C=O) groups is 5. The maximum Gasteiger partial charge on any atom is 0.342 e. The molecule has 0 aromatic heterocycles. The van der Waals surface area contributed by atoms with Crippen molar-refractivity contribution < 1.29 is 33.4 Å². The fourth-order valence-corrected chi connectivity index (χ4v) is 3.53. The van der Waals surface area contributed by atoms with Gasteiger partial charge in [-0.05, 0) is 69.0 Å². The van der Waals surface area contributed by atoms with Crippen molar-refractivity contribution in [1.82, 2.24) is 0 Å². The monoisotopic (exact) mass is 492 g/mol. The van der Waals surface area contributed by atoms with Gasteiger partial charge in [0.15, 0.2) is 0 Å². The Balaban J connectivity index is 1.49. The third kappa shape index (κ3) is 6.65. The molecule has 3 rings (SSSR count). The van der Waals surface area contributed by atoms with Gasteiger partial charge in [-0.15, -0.1) is 0 Å². The van der Waals surface area contributed by atoms with Crippen LogP contribution in [-0.4, -0.2) is 43.0 Å². The molecular formula is C27H28N2O7. The van der Waals surface area contributed by atoms with E-state index in [1.165, 1.54) is 24.3 Å². The highest BCUT2D eigenvalue weighted by molar-refractivity contribution is 6.35. The molecule has 2 aromatic carbocycles. The van der Waals surface area contributed by atoms with E-state index in [1.54, 1.807) is 37.3 Å². The van der Waals surface area contributed by atoms with Crippen molar-refractivity contribution in [1.29, 1.82) is 0 Å². The van der Waals surface area contributed by atoms with Crippen LogP contribution in [0.4, 0.5) is 16.2 Å². The number of anilines is 2. The Morgan fingerprint density at radius 1 is 0.778 bits per heavy atom. The predicted molar refractivity (Wildman–Crippen MR) is 132 cm³/mol. The summed E-state index contributed by atoms with van der Waals surface area (Å²) in [6.45, 7) is 5.68. The van der Waals surface area contributed by atoms with Crippen LogP contribution >= 0.6 is 0 Å². The maximum atomic E-state index is 13.0. The Labute approximate surface area is 209 Å². The van der Waals surface area contributed by atoms with Crippen molar-refractivity contribution in [2.75, 3.05) is 23.0 Å². The lowest BCUT2D eigenvalue weighted by Gasteiger charge is -2.32. The van der Waals surface area contributed by atoms with Crippen molar-refractivity contribution in [3.05, 3.63) is 72.3 Å². The molecule has 9 nitrogen and oxygen atoms in total. The maximum absolute atomic E-state index is 13.0. The van der Waals surface area contributed by atoms with Crippen molar-refractivity contribution in [3.8, 4) is 0 Å². The van der Waals surface area contributed by atoms with Crippen molar-refractivity contribution in [2.24, 2.45) is 0 Å². The first-order valence-corrected chi connectivity index (χ1v) is 11.6. The first kappa shape index (κ1) is 26.3. The molecule has 1 fully saturated rings. The van der Waals surface area contributed by atoms with Gasteiger partial charge in [0.05, 0.1) is 30.2 Å². The molecule has 0 bridgehead atoms. The second-order valence-electron chi connectivity index (χ2n) is 8.27. The largest absolute Gasteiger partial charge is 0.462 e. The van der Waals surface area contributed by atoms with E-state index < -0.39 is 36.2 Å². The highest BCUT2D eigenvalue weighted by Gasteiger charge is 2.39. The molecule has 0 radical (unpaired) electrons. The van der Waals surface area contributed by atoms with E-state index in [4.69, 9.17) is 9.47 Å². The summed E-state index contributed by atoms with van der Waals surface area (Å²) in [6, 6.07) is 13.5. The molecule has 1 heterocycles. The van der Waals surface area contributed by atoms with Crippen LogP contribution in [-0.2, 0) is 23.9 Å². The molecule has 1 saturated heterocycles. The molecule has 1 aliphatic rings. The Hall–Kier alpha value is -4.27. The molecule has 0 saturated carbocycles. The number of esters is 2. The zero-order valence-corrected chi connectivity index (χ0v) is 20.1. The van der Waals surface area contributed by atoms with Crippen molar-refractivity contribution >= 4 is 41.2 Å². The second-order valence-corrected chi connectivity index (χ2v) is 8.27. The topological polar surface area (TPSA) is 110 Å². The average molecular weight is 493 g/mol. The van der Waals surface area contributed by atoms with Gasteiger partial charge in [0, 0.05) is 5.57 Å². The van der Waals surface area contributed by atoms with Gasteiger partial charge in [-0.3, -0.25) is 9.59 Å². The quantitative estimate of drug-likeness (QED) is 0.198. The number of urea groups is 1.